The van der Waals surface area contributed by atoms with Gasteiger partial charge in [0.25, 0.3) is 0 Å². The van der Waals surface area contributed by atoms with Gasteiger partial charge in [0, 0.05) is 31.5 Å². The Labute approximate surface area is 132 Å². The van der Waals surface area contributed by atoms with Gasteiger partial charge in [-0.25, -0.2) is 4.42 Å². The van der Waals surface area contributed by atoms with Crippen LogP contribution in [0, 0.1) is 0 Å². The van der Waals surface area contributed by atoms with Crippen molar-refractivity contribution in [2.45, 2.75) is 19.3 Å². The van der Waals surface area contributed by atoms with Crippen LogP contribution in [0.2, 0.25) is 0 Å². The minimum absolute atomic E-state index is 0.891. The lowest BCUT2D eigenvalue weighted by Crippen LogP contribution is -2.22. The first kappa shape index (κ1) is 14.4. The average molecular weight is 301 g/mol. The van der Waals surface area contributed by atoms with Gasteiger partial charge < -0.3 is 4.90 Å². The molecule has 3 rings (SSSR count). The summed E-state index contributed by atoms with van der Waals surface area (Å²) >= 11 is 5.94. The fourth-order valence-electron chi connectivity index (χ4n) is 3.06. The largest absolute Gasteiger partial charge is 0.341 e. The molecule has 0 radical (unpaired) electrons. The Balaban J connectivity index is 1.95. The number of rotatable bonds is 4. The number of hydrogen-bond acceptors (Lipinski definition) is 2. The molecule has 1 aliphatic rings. The van der Waals surface area contributed by atoms with E-state index >= 15 is 0 Å². The van der Waals surface area contributed by atoms with E-state index in [9.17, 15) is 0 Å². The van der Waals surface area contributed by atoms with Crippen LogP contribution in [0.1, 0.15) is 17.5 Å². The van der Waals surface area contributed by atoms with Crippen molar-refractivity contribution in [1.29, 1.82) is 0 Å². The van der Waals surface area contributed by atoms with Gasteiger partial charge in [-0.1, -0.05) is 36.4 Å². The summed E-state index contributed by atoms with van der Waals surface area (Å²) in [5.41, 5.74) is 5.57. The standard InChI is InChI=1S/C18H21ClN2/c1-20(19)13-6-14-21-17-9-4-2-7-15(17)11-12-16-8-3-5-10-18(16)21/h2-5,7-10H,6,11-14H2,1H3. The molecule has 0 bridgehead atoms. The number of nitrogens with zero attached hydrogens (tertiary/aromatic N) is 2. The summed E-state index contributed by atoms with van der Waals surface area (Å²) < 4.78 is 1.73. The molecule has 0 saturated heterocycles. The zero-order valence-corrected chi connectivity index (χ0v) is 13.2. The summed E-state index contributed by atoms with van der Waals surface area (Å²) in [4.78, 5) is 2.46. The van der Waals surface area contributed by atoms with E-state index < -0.39 is 0 Å². The van der Waals surface area contributed by atoms with Gasteiger partial charge in [0.1, 0.15) is 0 Å². The Morgan fingerprint density at radius 1 is 0.952 bits per heavy atom. The molecule has 2 aromatic carbocycles. The first-order valence-electron chi connectivity index (χ1n) is 7.56. The van der Waals surface area contributed by atoms with Gasteiger partial charge in [0.2, 0.25) is 0 Å². The Kier molecular flexibility index (Phi) is 4.47. The number of benzene rings is 2. The van der Waals surface area contributed by atoms with E-state index in [1.165, 1.54) is 22.5 Å². The molecule has 1 heterocycles. The zero-order valence-electron chi connectivity index (χ0n) is 12.4. The Morgan fingerprint density at radius 2 is 1.48 bits per heavy atom. The zero-order chi connectivity index (χ0) is 14.7. The molecule has 0 unspecified atom stereocenters. The van der Waals surface area contributed by atoms with Crippen LogP contribution >= 0.6 is 11.8 Å². The first-order valence-corrected chi connectivity index (χ1v) is 7.90. The fourth-order valence-corrected chi connectivity index (χ4v) is 3.18. The summed E-state index contributed by atoms with van der Waals surface area (Å²) in [6.45, 7) is 1.88. The minimum Gasteiger partial charge on any atom is -0.341 e. The lowest BCUT2D eigenvalue weighted by Gasteiger charge is -2.27. The van der Waals surface area contributed by atoms with E-state index in [2.05, 4.69) is 53.4 Å². The molecule has 0 saturated carbocycles. The second kappa shape index (κ2) is 6.50. The third kappa shape index (κ3) is 3.22. The predicted molar refractivity (Wildman–Crippen MR) is 90.4 cm³/mol. The molecule has 0 spiro atoms. The predicted octanol–water partition coefficient (Wildman–Crippen LogP) is 4.40. The van der Waals surface area contributed by atoms with Gasteiger partial charge in [-0.15, -0.1) is 0 Å². The topological polar surface area (TPSA) is 6.48 Å². The van der Waals surface area contributed by atoms with Crippen molar-refractivity contribution in [3.8, 4) is 0 Å². The molecule has 2 aromatic rings. The summed E-state index contributed by atoms with van der Waals surface area (Å²) in [5.74, 6) is 0. The maximum atomic E-state index is 5.94. The SMILES string of the molecule is CN(Cl)CCCN1c2ccccc2CCc2ccccc21. The Hall–Kier alpha value is -1.51. The lowest BCUT2D eigenvalue weighted by atomic mass is 10.0. The molecule has 0 fully saturated rings. The molecule has 2 nitrogen and oxygen atoms in total. The number of hydrogen-bond donors (Lipinski definition) is 0. The van der Waals surface area contributed by atoms with Crippen molar-refractivity contribution in [2.75, 3.05) is 25.0 Å². The van der Waals surface area contributed by atoms with Gasteiger partial charge in [0.15, 0.2) is 0 Å². The molecule has 0 N–H and O–H groups in total. The first-order chi connectivity index (χ1) is 10.3. The van der Waals surface area contributed by atoms with Crippen LogP contribution in [-0.4, -0.2) is 24.6 Å². The van der Waals surface area contributed by atoms with Gasteiger partial charge in [-0.3, -0.25) is 0 Å². The summed E-state index contributed by atoms with van der Waals surface area (Å²) in [6.07, 6.45) is 3.26. The van der Waals surface area contributed by atoms with Crippen molar-refractivity contribution in [2.24, 2.45) is 0 Å². The number of fused-ring (bicyclic) bond motifs is 2. The second-order valence-corrected chi connectivity index (χ2v) is 6.17. The molecule has 0 aromatic heterocycles. The van der Waals surface area contributed by atoms with Crippen molar-refractivity contribution in [3.63, 3.8) is 0 Å². The van der Waals surface area contributed by atoms with Crippen molar-refractivity contribution < 1.29 is 0 Å². The van der Waals surface area contributed by atoms with Crippen LogP contribution < -0.4 is 4.90 Å². The number of halogens is 1. The maximum absolute atomic E-state index is 5.94. The quantitative estimate of drug-likeness (QED) is 0.772. The summed E-state index contributed by atoms with van der Waals surface area (Å²) in [5, 5.41) is 0. The molecule has 21 heavy (non-hydrogen) atoms. The smallest absolute Gasteiger partial charge is 0.0443 e. The normalized spacial score (nSPS) is 13.8. The highest BCUT2D eigenvalue weighted by Gasteiger charge is 2.19. The molecule has 3 heteroatoms. The maximum Gasteiger partial charge on any atom is 0.0443 e. The van der Waals surface area contributed by atoms with Crippen LogP contribution in [0.5, 0.6) is 0 Å². The summed E-state index contributed by atoms with van der Waals surface area (Å²) in [7, 11) is 1.91. The second-order valence-electron chi connectivity index (χ2n) is 5.59. The third-order valence-corrected chi connectivity index (χ3v) is 4.25. The van der Waals surface area contributed by atoms with Gasteiger partial charge in [-0.05, 0) is 54.3 Å². The highest BCUT2D eigenvalue weighted by molar-refractivity contribution is 6.13. The van der Waals surface area contributed by atoms with Gasteiger partial charge in [0.05, 0.1) is 0 Å². The number of para-hydroxylation sites is 2. The number of aryl methyl sites for hydroxylation is 2. The number of anilines is 2. The lowest BCUT2D eigenvalue weighted by molar-refractivity contribution is 0.529. The summed E-state index contributed by atoms with van der Waals surface area (Å²) in [6, 6.07) is 17.5. The molecular weight excluding hydrogens is 280 g/mol. The molecule has 0 atom stereocenters. The molecule has 1 aliphatic heterocycles. The van der Waals surface area contributed by atoms with E-state index in [1.807, 2.05) is 7.05 Å². The van der Waals surface area contributed by atoms with Crippen LogP contribution in [-0.2, 0) is 12.8 Å². The van der Waals surface area contributed by atoms with Crippen LogP contribution in [0.3, 0.4) is 0 Å². The fraction of sp³-hybridized carbons (Fsp3) is 0.333. The molecule has 0 aliphatic carbocycles. The highest BCUT2D eigenvalue weighted by Crippen LogP contribution is 2.35. The van der Waals surface area contributed by atoms with E-state index in [0.717, 1.165) is 32.4 Å². The van der Waals surface area contributed by atoms with Gasteiger partial charge >= 0.3 is 0 Å². The van der Waals surface area contributed by atoms with Gasteiger partial charge in [-0.2, -0.15) is 0 Å². The van der Waals surface area contributed by atoms with E-state index in [1.54, 1.807) is 4.42 Å². The van der Waals surface area contributed by atoms with Crippen molar-refractivity contribution in [1.82, 2.24) is 4.42 Å². The van der Waals surface area contributed by atoms with Crippen LogP contribution in [0.25, 0.3) is 0 Å². The molecule has 0 amide bonds. The Morgan fingerprint density at radius 3 is 2.00 bits per heavy atom. The van der Waals surface area contributed by atoms with E-state index in [-0.39, 0.29) is 0 Å². The van der Waals surface area contributed by atoms with Crippen LogP contribution in [0.4, 0.5) is 11.4 Å². The minimum atomic E-state index is 0.891. The van der Waals surface area contributed by atoms with E-state index in [4.69, 9.17) is 11.8 Å². The van der Waals surface area contributed by atoms with E-state index in [0.29, 0.717) is 0 Å². The molecular formula is C18H21ClN2. The average Bonchev–Trinajstić information content (AvgIpc) is 2.65. The van der Waals surface area contributed by atoms with Crippen molar-refractivity contribution in [3.05, 3.63) is 59.7 Å². The van der Waals surface area contributed by atoms with Crippen LogP contribution in [0.15, 0.2) is 48.5 Å². The highest BCUT2D eigenvalue weighted by atomic mass is 35.5. The van der Waals surface area contributed by atoms with Crippen molar-refractivity contribution >= 4 is 23.2 Å². The Bertz CT molecular complexity index is 562. The molecule has 110 valence electrons. The monoisotopic (exact) mass is 300 g/mol. The third-order valence-electron chi connectivity index (χ3n) is 4.08.